The molecule has 8 nitrogen and oxygen atoms in total. The molecular weight excluding hydrogens is 336 g/mol. The average molecular weight is 350 g/mol. The van der Waals surface area contributed by atoms with Gasteiger partial charge in [0.1, 0.15) is 5.69 Å². The Morgan fingerprint density at radius 1 is 0.692 bits per heavy atom. The fraction of sp³-hybridized carbons (Fsp3) is 0. The standard InChI is InChI=1S/C18H14N4O4/c19-15-13(21-16(20)14(22-15)18(25)26)11-5-1-9(2-6-11)10-3-7-12(8-4-10)17(23)24/h1-8H,(H2,19,22)(H2,20,21)(H,23,24)(H,25,26). The van der Waals surface area contributed by atoms with E-state index in [9.17, 15) is 9.59 Å². The summed E-state index contributed by atoms with van der Waals surface area (Å²) in [4.78, 5) is 29.8. The van der Waals surface area contributed by atoms with Gasteiger partial charge in [0.2, 0.25) is 0 Å². The molecule has 0 radical (unpaired) electrons. The van der Waals surface area contributed by atoms with Gasteiger partial charge < -0.3 is 21.7 Å². The molecule has 0 unspecified atom stereocenters. The third-order valence-electron chi connectivity index (χ3n) is 3.78. The molecule has 2 aromatic carbocycles. The molecule has 0 fully saturated rings. The van der Waals surface area contributed by atoms with Crippen LogP contribution in [-0.4, -0.2) is 32.1 Å². The predicted molar refractivity (Wildman–Crippen MR) is 95.6 cm³/mol. The maximum Gasteiger partial charge on any atom is 0.358 e. The van der Waals surface area contributed by atoms with E-state index in [1.165, 1.54) is 12.1 Å². The van der Waals surface area contributed by atoms with E-state index >= 15 is 0 Å². The number of carboxylic acid groups (broad SMARTS) is 2. The third-order valence-corrected chi connectivity index (χ3v) is 3.78. The highest BCUT2D eigenvalue weighted by atomic mass is 16.4. The predicted octanol–water partition coefficient (Wildman–Crippen LogP) is 2.37. The molecule has 0 bridgehead atoms. The van der Waals surface area contributed by atoms with Crippen molar-refractivity contribution in [3.8, 4) is 22.4 Å². The number of nitrogens with two attached hydrogens (primary N) is 2. The second kappa shape index (κ2) is 6.52. The number of aromatic nitrogens is 2. The average Bonchev–Trinajstić information content (AvgIpc) is 2.63. The van der Waals surface area contributed by atoms with Crippen LogP contribution in [0.3, 0.4) is 0 Å². The van der Waals surface area contributed by atoms with Crippen molar-refractivity contribution in [1.29, 1.82) is 0 Å². The van der Waals surface area contributed by atoms with Crippen molar-refractivity contribution in [1.82, 2.24) is 9.97 Å². The number of carbonyl (C=O) groups is 2. The monoisotopic (exact) mass is 350 g/mol. The summed E-state index contributed by atoms with van der Waals surface area (Å²) in [5.41, 5.74) is 13.9. The molecule has 3 aromatic rings. The summed E-state index contributed by atoms with van der Waals surface area (Å²) in [5.74, 6) is -2.53. The van der Waals surface area contributed by atoms with Gasteiger partial charge in [-0.05, 0) is 23.3 Å². The fourth-order valence-electron chi connectivity index (χ4n) is 2.46. The number of aromatic carboxylic acids is 2. The zero-order valence-corrected chi connectivity index (χ0v) is 13.4. The quantitative estimate of drug-likeness (QED) is 0.559. The van der Waals surface area contributed by atoms with Gasteiger partial charge in [0.05, 0.1) is 5.56 Å². The molecule has 0 spiro atoms. The molecule has 0 amide bonds. The number of nitrogens with zero attached hydrogens (tertiary/aromatic N) is 2. The largest absolute Gasteiger partial charge is 0.478 e. The molecular formula is C18H14N4O4. The molecule has 1 heterocycles. The SMILES string of the molecule is Nc1nc(-c2ccc(-c3ccc(C(=O)O)cc3)cc2)c(N)nc1C(=O)O. The van der Waals surface area contributed by atoms with Gasteiger partial charge in [0.25, 0.3) is 0 Å². The van der Waals surface area contributed by atoms with Crippen LogP contribution in [0.15, 0.2) is 48.5 Å². The molecule has 26 heavy (non-hydrogen) atoms. The van der Waals surface area contributed by atoms with Crippen LogP contribution in [0.4, 0.5) is 11.6 Å². The molecule has 0 aliphatic carbocycles. The van der Waals surface area contributed by atoms with Crippen LogP contribution in [0.2, 0.25) is 0 Å². The van der Waals surface area contributed by atoms with Crippen LogP contribution in [0.25, 0.3) is 22.4 Å². The second-order valence-corrected chi connectivity index (χ2v) is 5.46. The minimum Gasteiger partial charge on any atom is -0.478 e. The first-order valence-corrected chi connectivity index (χ1v) is 7.47. The molecule has 130 valence electrons. The normalized spacial score (nSPS) is 10.5. The molecule has 0 saturated carbocycles. The zero-order chi connectivity index (χ0) is 18.8. The minimum absolute atomic E-state index is 0.0323. The first kappa shape index (κ1) is 16.9. The van der Waals surface area contributed by atoms with Crippen molar-refractivity contribution in [2.24, 2.45) is 0 Å². The van der Waals surface area contributed by atoms with E-state index < -0.39 is 11.9 Å². The minimum atomic E-state index is -1.30. The van der Waals surface area contributed by atoms with Crippen LogP contribution in [0, 0.1) is 0 Å². The van der Waals surface area contributed by atoms with Gasteiger partial charge in [-0.25, -0.2) is 19.6 Å². The van der Waals surface area contributed by atoms with Crippen LogP contribution < -0.4 is 11.5 Å². The Balaban J connectivity index is 1.94. The van der Waals surface area contributed by atoms with Gasteiger partial charge in [0, 0.05) is 5.56 Å². The number of nitrogen functional groups attached to an aromatic ring is 2. The van der Waals surface area contributed by atoms with Crippen molar-refractivity contribution in [3.63, 3.8) is 0 Å². The Labute approximate surface area is 147 Å². The lowest BCUT2D eigenvalue weighted by atomic mass is 10.0. The van der Waals surface area contributed by atoms with E-state index in [0.717, 1.165) is 11.1 Å². The summed E-state index contributed by atoms with van der Waals surface area (Å²) in [5, 5.41) is 17.9. The summed E-state index contributed by atoms with van der Waals surface area (Å²) >= 11 is 0. The first-order chi connectivity index (χ1) is 12.4. The first-order valence-electron chi connectivity index (χ1n) is 7.47. The second-order valence-electron chi connectivity index (χ2n) is 5.46. The molecule has 3 rings (SSSR count). The molecule has 0 aliphatic heterocycles. The van der Waals surface area contributed by atoms with Crippen LogP contribution in [0.5, 0.6) is 0 Å². The van der Waals surface area contributed by atoms with Crippen molar-refractivity contribution in [2.45, 2.75) is 0 Å². The van der Waals surface area contributed by atoms with Crippen molar-refractivity contribution >= 4 is 23.6 Å². The molecule has 0 aliphatic rings. The highest BCUT2D eigenvalue weighted by Crippen LogP contribution is 2.28. The van der Waals surface area contributed by atoms with Gasteiger partial charge >= 0.3 is 11.9 Å². The topological polar surface area (TPSA) is 152 Å². The summed E-state index contributed by atoms with van der Waals surface area (Å²) in [6.45, 7) is 0. The van der Waals surface area contributed by atoms with E-state index in [-0.39, 0.29) is 22.9 Å². The smallest absolute Gasteiger partial charge is 0.358 e. The van der Waals surface area contributed by atoms with E-state index in [4.69, 9.17) is 21.7 Å². The lowest BCUT2D eigenvalue weighted by Gasteiger charge is -2.09. The maximum absolute atomic E-state index is 11.0. The Morgan fingerprint density at radius 3 is 1.69 bits per heavy atom. The molecule has 8 heteroatoms. The van der Waals surface area contributed by atoms with Gasteiger partial charge in [-0.1, -0.05) is 36.4 Å². The zero-order valence-electron chi connectivity index (χ0n) is 13.4. The summed E-state index contributed by atoms with van der Waals surface area (Å²) in [6, 6.07) is 13.6. The third kappa shape index (κ3) is 3.16. The number of anilines is 2. The number of hydrogen-bond donors (Lipinski definition) is 4. The van der Waals surface area contributed by atoms with Gasteiger partial charge in [-0.2, -0.15) is 0 Å². The fourth-order valence-corrected chi connectivity index (χ4v) is 2.46. The van der Waals surface area contributed by atoms with Gasteiger partial charge in [-0.15, -0.1) is 0 Å². The maximum atomic E-state index is 11.0. The number of hydrogen-bond acceptors (Lipinski definition) is 6. The van der Waals surface area contributed by atoms with Crippen LogP contribution in [-0.2, 0) is 0 Å². The van der Waals surface area contributed by atoms with Crippen LogP contribution >= 0.6 is 0 Å². The summed E-state index contributed by atoms with van der Waals surface area (Å²) < 4.78 is 0. The van der Waals surface area contributed by atoms with Crippen LogP contribution in [0.1, 0.15) is 20.8 Å². The van der Waals surface area contributed by atoms with E-state index in [0.29, 0.717) is 11.3 Å². The Kier molecular flexibility index (Phi) is 4.24. The number of rotatable bonds is 4. The van der Waals surface area contributed by atoms with Gasteiger partial charge in [-0.3, -0.25) is 0 Å². The lowest BCUT2D eigenvalue weighted by Crippen LogP contribution is -2.11. The summed E-state index contributed by atoms with van der Waals surface area (Å²) in [7, 11) is 0. The number of benzene rings is 2. The lowest BCUT2D eigenvalue weighted by molar-refractivity contribution is 0.0683. The van der Waals surface area contributed by atoms with Crippen molar-refractivity contribution < 1.29 is 19.8 Å². The summed E-state index contributed by atoms with van der Waals surface area (Å²) in [6.07, 6.45) is 0. The van der Waals surface area contributed by atoms with Crippen molar-refractivity contribution in [2.75, 3.05) is 11.5 Å². The van der Waals surface area contributed by atoms with E-state index in [1.54, 1.807) is 24.3 Å². The highest BCUT2D eigenvalue weighted by molar-refractivity contribution is 5.92. The van der Waals surface area contributed by atoms with Gasteiger partial charge in [0.15, 0.2) is 17.3 Å². The molecule has 0 saturated heterocycles. The molecule has 6 N–H and O–H groups in total. The molecule has 1 aromatic heterocycles. The Bertz CT molecular complexity index is 999. The van der Waals surface area contributed by atoms with E-state index in [2.05, 4.69) is 9.97 Å². The number of carboxylic acids is 2. The highest BCUT2D eigenvalue weighted by Gasteiger charge is 2.16. The van der Waals surface area contributed by atoms with E-state index in [1.807, 2.05) is 12.1 Å². The Hall–Kier alpha value is -3.94. The van der Waals surface area contributed by atoms with Crippen molar-refractivity contribution in [3.05, 3.63) is 59.8 Å². The molecule has 0 atom stereocenters. The Morgan fingerprint density at radius 2 is 1.19 bits per heavy atom.